The van der Waals surface area contributed by atoms with Crippen LogP contribution in [-0.2, 0) is 24.3 Å². The highest BCUT2D eigenvalue weighted by Gasteiger charge is 2.19. The van der Waals surface area contributed by atoms with Crippen LogP contribution in [0.15, 0.2) is 47.4 Å². The highest BCUT2D eigenvalue weighted by atomic mass is 32.2. The Kier molecular flexibility index (Phi) is 4.97. The van der Waals surface area contributed by atoms with Gasteiger partial charge in [0.25, 0.3) is 5.91 Å². The minimum absolute atomic E-state index is 0.0342. The number of carbonyl (C=O) groups is 2. The van der Waals surface area contributed by atoms with Crippen LogP contribution in [0.5, 0.6) is 0 Å². The number of hydrogen-bond acceptors (Lipinski definition) is 5. The average molecular weight is 336 g/mol. The molecule has 23 heavy (non-hydrogen) atoms. The van der Waals surface area contributed by atoms with Crippen molar-refractivity contribution in [3.63, 3.8) is 0 Å². The summed E-state index contributed by atoms with van der Waals surface area (Å²) < 4.78 is 31.2. The minimum Gasteiger partial charge on any atom is -0.452 e. The Bertz CT molecular complexity index is 848. The first-order valence-corrected chi connectivity index (χ1v) is 8.25. The Morgan fingerprint density at radius 2 is 1.83 bits per heavy atom. The fourth-order valence-corrected chi connectivity index (χ4v) is 2.87. The monoisotopic (exact) mass is 336 g/mol. The Labute approximate surface area is 133 Å². The maximum atomic E-state index is 12.2. The Morgan fingerprint density at radius 3 is 2.48 bits per heavy atom. The molecule has 0 saturated heterocycles. The SMILES string of the molecule is C[C@H](OC(=O)CNS(=O)(=O)c1ccc2ccccc2c1)C(N)=O. The number of sulfonamides is 1. The number of amides is 1. The highest BCUT2D eigenvalue weighted by Crippen LogP contribution is 2.18. The molecule has 0 radical (unpaired) electrons. The summed E-state index contributed by atoms with van der Waals surface area (Å²) in [5.74, 6) is -1.70. The van der Waals surface area contributed by atoms with Gasteiger partial charge in [0.05, 0.1) is 4.90 Å². The zero-order chi connectivity index (χ0) is 17.0. The molecule has 122 valence electrons. The molecule has 7 nitrogen and oxygen atoms in total. The lowest BCUT2D eigenvalue weighted by Crippen LogP contribution is -2.36. The van der Waals surface area contributed by atoms with Gasteiger partial charge in [-0.1, -0.05) is 30.3 Å². The molecule has 0 aliphatic rings. The molecule has 8 heteroatoms. The minimum atomic E-state index is -3.87. The average Bonchev–Trinajstić information content (AvgIpc) is 2.52. The second kappa shape index (κ2) is 6.76. The maximum absolute atomic E-state index is 12.2. The molecule has 2 aromatic carbocycles. The van der Waals surface area contributed by atoms with Crippen LogP contribution in [-0.4, -0.2) is 32.9 Å². The fraction of sp³-hybridized carbons (Fsp3) is 0.200. The van der Waals surface area contributed by atoms with Gasteiger partial charge in [-0.05, 0) is 29.8 Å². The van der Waals surface area contributed by atoms with Crippen LogP contribution in [0, 0.1) is 0 Å². The first kappa shape index (κ1) is 16.9. The van der Waals surface area contributed by atoms with E-state index in [0.717, 1.165) is 10.8 Å². The van der Waals surface area contributed by atoms with Crippen molar-refractivity contribution in [2.24, 2.45) is 5.73 Å². The van der Waals surface area contributed by atoms with E-state index in [2.05, 4.69) is 9.46 Å². The number of carbonyl (C=O) groups excluding carboxylic acids is 2. The van der Waals surface area contributed by atoms with Crippen LogP contribution in [0.4, 0.5) is 0 Å². The van der Waals surface area contributed by atoms with E-state index in [4.69, 9.17) is 5.73 Å². The van der Waals surface area contributed by atoms with E-state index >= 15 is 0 Å². The molecule has 0 bridgehead atoms. The Hall–Kier alpha value is -2.45. The summed E-state index contributed by atoms with van der Waals surface area (Å²) in [6.07, 6.45) is -1.12. The van der Waals surface area contributed by atoms with Crippen molar-refractivity contribution in [2.75, 3.05) is 6.54 Å². The number of rotatable bonds is 6. The molecule has 0 aliphatic carbocycles. The van der Waals surface area contributed by atoms with Crippen molar-refractivity contribution in [3.8, 4) is 0 Å². The largest absolute Gasteiger partial charge is 0.452 e. The van der Waals surface area contributed by atoms with Gasteiger partial charge in [0.2, 0.25) is 10.0 Å². The Morgan fingerprint density at radius 1 is 1.17 bits per heavy atom. The standard InChI is InChI=1S/C15H16N2O5S/c1-10(15(16)19)22-14(18)9-17-23(20,21)13-7-6-11-4-2-3-5-12(11)8-13/h2-8,10,17H,9H2,1H3,(H2,16,19)/t10-/m0/s1. The number of nitrogens with two attached hydrogens (primary N) is 1. The predicted molar refractivity (Wildman–Crippen MR) is 83.9 cm³/mol. The van der Waals surface area contributed by atoms with Gasteiger partial charge >= 0.3 is 5.97 Å². The van der Waals surface area contributed by atoms with Crippen LogP contribution >= 0.6 is 0 Å². The number of benzene rings is 2. The normalized spacial score (nSPS) is 12.7. The topological polar surface area (TPSA) is 116 Å². The number of primary amides is 1. The lowest BCUT2D eigenvalue weighted by molar-refractivity contribution is -0.152. The molecule has 2 rings (SSSR count). The molecule has 0 saturated carbocycles. The second-order valence-corrected chi connectivity index (χ2v) is 6.63. The summed E-state index contributed by atoms with van der Waals surface area (Å²) in [6, 6.07) is 11.9. The van der Waals surface area contributed by atoms with Crippen LogP contribution in [0.25, 0.3) is 10.8 Å². The molecule has 0 heterocycles. The van der Waals surface area contributed by atoms with E-state index in [1.165, 1.54) is 19.1 Å². The first-order chi connectivity index (χ1) is 10.8. The Balaban J connectivity index is 2.08. The molecular weight excluding hydrogens is 320 g/mol. The van der Waals surface area contributed by atoms with Crippen LogP contribution in [0.3, 0.4) is 0 Å². The molecule has 0 aromatic heterocycles. The molecule has 0 aliphatic heterocycles. The number of hydrogen-bond donors (Lipinski definition) is 2. The third-order valence-electron chi connectivity index (χ3n) is 3.15. The van der Waals surface area contributed by atoms with Gasteiger partial charge in [0.15, 0.2) is 6.10 Å². The molecule has 1 amide bonds. The van der Waals surface area contributed by atoms with Crippen molar-refractivity contribution >= 4 is 32.7 Å². The van der Waals surface area contributed by atoms with E-state index in [1.54, 1.807) is 18.2 Å². The van der Waals surface area contributed by atoms with Crippen molar-refractivity contribution in [1.29, 1.82) is 0 Å². The summed E-state index contributed by atoms with van der Waals surface area (Å²) in [5.41, 5.74) is 4.96. The smallest absolute Gasteiger partial charge is 0.321 e. The van der Waals surface area contributed by atoms with E-state index in [9.17, 15) is 18.0 Å². The summed E-state index contributed by atoms with van der Waals surface area (Å²) in [4.78, 5) is 22.3. The van der Waals surface area contributed by atoms with Crippen molar-refractivity contribution < 1.29 is 22.7 Å². The summed E-state index contributed by atoms with van der Waals surface area (Å²) in [5, 5.41) is 1.67. The van der Waals surface area contributed by atoms with Gasteiger partial charge in [0, 0.05) is 0 Å². The van der Waals surface area contributed by atoms with Gasteiger partial charge in [-0.3, -0.25) is 9.59 Å². The number of ether oxygens (including phenoxy) is 1. The number of esters is 1. The van der Waals surface area contributed by atoms with Gasteiger partial charge < -0.3 is 10.5 Å². The molecule has 3 N–H and O–H groups in total. The van der Waals surface area contributed by atoms with Gasteiger partial charge in [-0.15, -0.1) is 0 Å². The van der Waals surface area contributed by atoms with Gasteiger partial charge in [-0.2, -0.15) is 4.72 Å². The molecule has 0 fully saturated rings. The maximum Gasteiger partial charge on any atom is 0.321 e. The van der Waals surface area contributed by atoms with E-state index in [1.807, 2.05) is 12.1 Å². The van der Waals surface area contributed by atoms with Crippen LogP contribution in [0.2, 0.25) is 0 Å². The van der Waals surface area contributed by atoms with Crippen molar-refractivity contribution in [2.45, 2.75) is 17.9 Å². The van der Waals surface area contributed by atoms with Crippen LogP contribution in [0.1, 0.15) is 6.92 Å². The van der Waals surface area contributed by atoms with Crippen LogP contribution < -0.4 is 10.5 Å². The summed E-state index contributed by atoms with van der Waals surface area (Å²) >= 11 is 0. The van der Waals surface area contributed by atoms with Crippen molar-refractivity contribution in [3.05, 3.63) is 42.5 Å². The fourth-order valence-electron chi connectivity index (χ4n) is 1.87. The number of fused-ring (bicyclic) bond motifs is 1. The number of nitrogens with one attached hydrogen (secondary N) is 1. The van der Waals surface area contributed by atoms with E-state index < -0.39 is 34.5 Å². The molecule has 0 unspecified atom stereocenters. The van der Waals surface area contributed by atoms with Gasteiger partial charge in [0.1, 0.15) is 6.54 Å². The van der Waals surface area contributed by atoms with E-state index in [-0.39, 0.29) is 4.90 Å². The zero-order valence-corrected chi connectivity index (χ0v) is 13.2. The predicted octanol–water partition coefficient (Wildman–Crippen LogP) is 0.535. The molecule has 1 atom stereocenters. The molecule has 0 spiro atoms. The molecule has 2 aromatic rings. The third kappa shape index (κ3) is 4.27. The quantitative estimate of drug-likeness (QED) is 0.747. The summed E-state index contributed by atoms with van der Waals surface area (Å²) in [6.45, 7) is 0.713. The zero-order valence-electron chi connectivity index (χ0n) is 12.4. The molecular formula is C15H16N2O5S. The third-order valence-corrected chi connectivity index (χ3v) is 4.55. The highest BCUT2D eigenvalue weighted by molar-refractivity contribution is 7.89. The van der Waals surface area contributed by atoms with E-state index in [0.29, 0.717) is 0 Å². The van der Waals surface area contributed by atoms with Gasteiger partial charge in [-0.25, -0.2) is 8.42 Å². The van der Waals surface area contributed by atoms with Crippen molar-refractivity contribution in [1.82, 2.24) is 4.72 Å². The summed E-state index contributed by atoms with van der Waals surface area (Å²) in [7, 11) is -3.87. The lowest BCUT2D eigenvalue weighted by atomic mass is 10.1. The lowest BCUT2D eigenvalue weighted by Gasteiger charge is -2.11. The first-order valence-electron chi connectivity index (χ1n) is 6.77. The second-order valence-electron chi connectivity index (χ2n) is 4.87.